The summed E-state index contributed by atoms with van der Waals surface area (Å²) in [6.07, 6.45) is 5.11. The third-order valence-corrected chi connectivity index (χ3v) is 7.92. The van der Waals surface area contributed by atoms with Crippen LogP contribution in [0.25, 0.3) is 0 Å². The number of hydrogen-bond acceptors (Lipinski definition) is 7. The molecular formula is C26H31NO8. The summed E-state index contributed by atoms with van der Waals surface area (Å²) in [5.74, 6) is -1.26. The van der Waals surface area contributed by atoms with Crippen molar-refractivity contribution in [3.05, 3.63) is 35.5 Å². The van der Waals surface area contributed by atoms with Gasteiger partial charge < -0.3 is 29.0 Å². The van der Waals surface area contributed by atoms with Crippen molar-refractivity contribution in [2.75, 3.05) is 13.9 Å². The van der Waals surface area contributed by atoms with E-state index in [-0.39, 0.29) is 38.2 Å². The number of benzene rings is 1. The van der Waals surface area contributed by atoms with Crippen LogP contribution in [0.2, 0.25) is 0 Å². The minimum atomic E-state index is -1.27. The van der Waals surface area contributed by atoms with Crippen LogP contribution in [0.1, 0.15) is 51.0 Å². The molecule has 1 saturated heterocycles. The van der Waals surface area contributed by atoms with Gasteiger partial charge in [0.25, 0.3) is 0 Å². The summed E-state index contributed by atoms with van der Waals surface area (Å²) in [6, 6.07) is 5.45. The first kappa shape index (κ1) is 23.7. The first-order chi connectivity index (χ1) is 16.8. The maximum absolute atomic E-state index is 13.7. The lowest BCUT2D eigenvalue weighted by atomic mass is 9.66. The second kappa shape index (κ2) is 9.18. The zero-order chi connectivity index (χ0) is 24.7. The number of nitrogens with zero attached hydrogens (tertiary/aromatic N) is 1. The Labute approximate surface area is 204 Å². The smallest absolute Gasteiger partial charge is 0.320 e. The molecule has 5 rings (SSSR count). The number of fused-ring (bicyclic) bond motifs is 2. The highest BCUT2D eigenvalue weighted by Crippen LogP contribution is 2.52. The monoisotopic (exact) mass is 485 g/mol. The summed E-state index contributed by atoms with van der Waals surface area (Å²) >= 11 is 0. The summed E-state index contributed by atoms with van der Waals surface area (Å²) in [5, 5.41) is 9.53. The van der Waals surface area contributed by atoms with Crippen LogP contribution in [0.5, 0.6) is 11.5 Å². The molecule has 0 bridgehead atoms. The molecule has 0 unspecified atom stereocenters. The van der Waals surface area contributed by atoms with E-state index >= 15 is 0 Å². The molecule has 3 heterocycles. The zero-order valence-corrected chi connectivity index (χ0v) is 20.0. The van der Waals surface area contributed by atoms with Crippen LogP contribution in [0, 0.1) is 17.3 Å². The number of piperidine rings is 1. The summed E-state index contributed by atoms with van der Waals surface area (Å²) in [4.78, 5) is 40.3. The van der Waals surface area contributed by atoms with Crippen molar-refractivity contribution in [1.82, 2.24) is 4.90 Å². The first-order valence-corrected chi connectivity index (χ1v) is 12.2. The minimum Gasteiger partial charge on any atom is -0.481 e. The maximum atomic E-state index is 13.7. The summed E-state index contributed by atoms with van der Waals surface area (Å²) in [5.41, 5.74) is 0.0768. The standard InChI is InChI=1S/C26H31NO8/c1-15-26(25(31)32-2)12-18(10-23(28)29)24(30)27(13-16-7-8-19-21(9-16)34-14-33-19)22(26)11-20(35-15)17-5-3-4-6-17/h7-9,11,15,17-18,20H,3-6,10,12-14H2,1-2H3,(H,28,29)/t15-,18-,20-,26+/m0/s1. The van der Waals surface area contributed by atoms with E-state index in [1.165, 1.54) is 7.11 Å². The lowest BCUT2D eigenvalue weighted by molar-refractivity contribution is -0.178. The highest BCUT2D eigenvalue weighted by Gasteiger charge is 2.60. The molecule has 35 heavy (non-hydrogen) atoms. The van der Waals surface area contributed by atoms with Gasteiger partial charge in [0.2, 0.25) is 12.7 Å². The van der Waals surface area contributed by atoms with Gasteiger partial charge in [0.15, 0.2) is 11.5 Å². The normalized spacial score (nSPS) is 30.1. The van der Waals surface area contributed by atoms with Crippen molar-refractivity contribution in [2.24, 2.45) is 17.3 Å². The van der Waals surface area contributed by atoms with Gasteiger partial charge in [-0.05, 0) is 55.9 Å². The van der Waals surface area contributed by atoms with E-state index in [9.17, 15) is 19.5 Å². The fourth-order valence-electron chi connectivity index (χ4n) is 6.14. The van der Waals surface area contributed by atoms with E-state index in [4.69, 9.17) is 18.9 Å². The molecular weight excluding hydrogens is 454 g/mol. The number of hydrogen-bond donors (Lipinski definition) is 1. The van der Waals surface area contributed by atoms with Crippen molar-refractivity contribution in [3.63, 3.8) is 0 Å². The number of ether oxygens (including phenoxy) is 4. The fourth-order valence-corrected chi connectivity index (χ4v) is 6.14. The van der Waals surface area contributed by atoms with Crippen LogP contribution in [-0.4, -0.2) is 54.0 Å². The van der Waals surface area contributed by atoms with Crippen LogP contribution >= 0.6 is 0 Å². The first-order valence-electron chi connectivity index (χ1n) is 12.2. The van der Waals surface area contributed by atoms with Gasteiger partial charge in [-0.25, -0.2) is 0 Å². The largest absolute Gasteiger partial charge is 0.481 e. The lowest BCUT2D eigenvalue weighted by Crippen LogP contribution is -2.60. The van der Waals surface area contributed by atoms with E-state index < -0.39 is 29.4 Å². The highest BCUT2D eigenvalue weighted by atomic mass is 16.7. The topological polar surface area (TPSA) is 112 Å². The molecule has 0 radical (unpaired) electrons. The number of carbonyl (C=O) groups excluding carboxylic acids is 2. The molecule has 9 nitrogen and oxygen atoms in total. The summed E-state index contributed by atoms with van der Waals surface area (Å²) in [6.45, 7) is 2.13. The van der Waals surface area contributed by atoms with Gasteiger partial charge >= 0.3 is 11.9 Å². The Morgan fingerprint density at radius 3 is 2.66 bits per heavy atom. The average Bonchev–Trinajstić information content (AvgIpc) is 3.53. The predicted octanol–water partition coefficient (Wildman–Crippen LogP) is 3.26. The van der Waals surface area contributed by atoms with Crippen LogP contribution in [0.15, 0.2) is 30.0 Å². The molecule has 4 atom stereocenters. The van der Waals surface area contributed by atoms with Gasteiger partial charge in [-0.2, -0.15) is 0 Å². The number of carbonyl (C=O) groups is 3. The number of carboxylic acids is 1. The van der Waals surface area contributed by atoms with Crippen LogP contribution < -0.4 is 9.47 Å². The van der Waals surface area contributed by atoms with E-state index in [1.54, 1.807) is 11.0 Å². The molecule has 4 aliphatic rings. The van der Waals surface area contributed by atoms with Gasteiger partial charge in [0.05, 0.1) is 38.2 Å². The molecule has 188 valence electrons. The molecule has 0 aromatic heterocycles. The number of methoxy groups -OCH3 is 1. The fraction of sp³-hybridized carbons (Fsp3) is 0.577. The van der Waals surface area contributed by atoms with Gasteiger partial charge in [0.1, 0.15) is 5.41 Å². The Hall–Kier alpha value is -3.07. The molecule has 1 aliphatic carbocycles. The number of carboxylic acid groups (broad SMARTS) is 1. The van der Waals surface area contributed by atoms with E-state index in [2.05, 4.69) is 0 Å². The summed E-state index contributed by atoms with van der Waals surface area (Å²) < 4.78 is 22.6. The van der Waals surface area contributed by atoms with Crippen molar-refractivity contribution in [2.45, 2.75) is 64.2 Å². The molecule has 9 heteroatoms. The third kappa shape index (κ3) is 4.05. The Morgan fingerprint density at radius 1 is 1.20 bits per heavy atom. The second-order valence-electron chi connectivity index (χ2n) is 9.91. The number of esters is 1. The molecule has 1 aromatic carbocycles. The number of likely N-dealkylation sites (tertiary alicyclic amines) is 1. The van der Waals surface area contributed by atoms with Gasteiger partial charge in [-0.15, -0.1) is 0 Å². The molecule has 3 aliphatic heterocycles. The lowest BCUT2D eigenvalue weighted by Gasteiger charge is -2.52. The van der Waals surface area contributed by atoms with Gasteiger partial charge in [-0.3, -0.25) is 14.4 Å². The van der Waals surface area contributed by atoms with Crippen molar-refractivity contribution in [1.29, 1.82) is 0 Å². The zero-order valence-electron chi connectivity index (χ0n) is 20.0. The van der Waals surface area contributed by atoms with Crippen molar-refractivity contribution < 1.29 is 38.4 Å². The third-order valence-electron chi connectivity index (χ3n) is 7.92. The van der Waals surface area contributed by atoms with Crippen LogP contribution in [0.3, 0.4) is 0 Å². The SMILES string of the molecule is COC(=O)[C@@]12C[C@H](CC(=O)O)C(=O)N(Cc3ccc4c(c3)OCO4)C1=C[C@@H](C1CCCC1)O[C@H]2C. The molecule has 2 fully saturated rings. The summed E-state index contributed by atoms with van der Waals surface area (Å²) in [7, 11) is 1.31. The maximum Gasteiger partial charge on any atom is 0.320 e. The quantitative estimate of drug-likeness (QED) is 0.611. The molecule has 1 aromatic rings. The van der Waals surface area contributed by atoms with Crippen molar-refractivity contribution in [3.8, 4) is 11.5 Å². The van der Waals surface area contributed by atoms with Crippen LogP contribution in [0.4, 0.5) is 0 Å². The Kier molecular flexibility index (Phi) is 6.21. The Balaban J connectivity index is 1.59. The number of rotatable bonds is 6. The van der Waals surface area contributed by atoms with Crippen LogP contribution in [-0.2, 0) is 30.4 Å². The van der Waals surface area contributed by atoms with Gasteiger partial charge in [-0.1, -0.05) is 18.9 Å². The predicted molar refractivity (Wildman–Crippen MR) is 122 cm³/mol. The highest BCUT2D eigenvalue weighted by molar-refractivity contribution is 5.92. The minimum absolute atomic E-state index is 0.0346. The van der Waals surface area contributed by atoms with Crippen molar-refractivity contribution >= 4 is 17.8 Å². The molecule has 1 amide bonds. The Morgan fingerprint density at radius 2 is 1.94 bits per heavy atom. The van der Waals surface area contributed by atoms with Gasteiger partial charge in [0, 0.05) is 5.70 Å². The van der Waals surface area contributed by atoms with E-state index in [0.717, 1.165) is 31.2 Å². The number of aliphatic carboxylic acids is 1. The second-order valence-corrected chi connectivity index (χ2v) is 9.91. The Bertz CT molecular complexity index is 1060. The molecule has 1 N–H and O–H groups in total. The average molecular weight is 486 g/mol. The number of amides is 1. The van der Waals surface area contributed by atoms with E-state index in [0.29, 0.717) is 23.1 Å². The molecule has 1 saturated carbocycles. The molecule has 0 spiro atoms. The van der Waals surface area contributed by atoms with E-state index in [1.807, 2.05) is 25.1 Å².